The molecular weight excluding hydrogens is 372 g/mol. The van der Waals surface area contributed by atoms with Crippen LogP contribution in [0.3, 0.4) is 0 Å². The molecule has 0 unspecified atom stereocenters. The Morgan fingerprint density at radius 2 is 2.07 bits per heavy atom. The Morgan fingerprint density at radius 3 is 2.67 bits per heavy atom. The van der Waals surface area contributed by atoms with E-state index in [9.17, 15) is 4.79 Å². The van der Waals surface area contributed by atoms with E-state index in [0.717, 1.165) is 0 Å². The number of anilines is 2. The molecule has 0 saturated heterocycles. The minimum absolute atomic E-state index is 0.289. The zero-order chi connectivity index (χ0) is 20.0. The lowest BCUT2D eigenvalue weighted by molar-refractivity contribution is 0.0528. The number of nitrogens with two attached hydrogens (primary N) is 1. The first-order chi connectivity index (χ1) is 12.7. The highest BCUT2D eigenvalue weighted by Crippen LogP contribution is 2.36. The van der Waals surface area contributed by atoms with Crippen molar-refractivity contribution < 1.29 is 14.3 Å². The number of hydrogen-bond acceptors (Lipinski definition) is 7. The Kier molecular flexibility index (Phi) is 6.73. The van der Waals surface area contributed by atoms with Gasteiger partial charge in [-0.3, -0.25) is 5.10 Å². The average molecular weight is 397 g/mol. The van der Waals surface area contributed by atoms with Crippen molar-refractivity contribution >= 4 is 29.3 Å². The van der Waals surface area contributed by atoms with Gasteiger partial charge in [-0.05, 0) is 27.2 Å². The minimum atomic E-state index is -0.523. The number of halogens is 1. The molecule has 0 atom stereocenters. The van der Waals surface area contributed by atoms with Crippen LogP contribution in [0, 0.1) is 0 Å². The number of amides is 1. The van der Waals surface area contributed by atoms with Crippen LogP contribution in [0.1, 0.15) is 27.2 Å². The van der Waals surface area contributed by atoms with Crippen LogP contribution >= 0.6 is 11.6 Å². The first-order valence-electron chi connectivity index (χ1n) is 8.46. The highest BCUT2D eigenvalue weighted by molar-refractivity contribution is 6.29. The van der Waals surface area contributed by atoms with Gasteiger partial charge in [0, 0.05) is 25.2 Å². The van der Waals surface area contributed by atoms with Crippen molar-refractivity contribution in [2.75, 3.05) is 31.2 Å². The number of methoxy groups -OCH3 is 1. The van der Waals surface area contributed by atoms with Gasteiger partial charge in [-0.2, -0.15) is 5.10 Å². The van der Waals surface area contributed by atoms with Gasteiger partial charge in [-0.1, -0.05) is 11.6 Å². The van der Waals surface area contributed by atoms with Gasteiger partial charge in [0.25, 0.3) is 0 Å². The molecule has 0 aromatic carbocycles. The molecule has 0 spiro atoms. The van der Waals surface area contributed by atoms with Gasteiger partial charge in [0.2, 0.25) is 0 Å². The fourth-order valence-electron chi connectivity index (χ4n) is 2.31. The monoisotopic (exact) mass is 396 g/mol. The molecule has 0 aliphatic carbocycles. The molecule has 2 heterocycles. The molecule has 0 saturated carbocycles. The van der Waals surface area contributed by atoms with E-state index in [1.807, 2.05) is 20.8 Å². The number of carbonyl (C=O) groups excluding carboxylic acids is 1. The Labute approximate surface area is 163 Å². The van der Waals surface area contributed by atoms with Gasteiger partial charge in [-0.15, -0.1) is 0 Å². The van der Waals surface area contributed by atoms with Gasteiger partial charge in [0.15, 0.2) is 0 Å². The molecule has 9 nitrogen and oxygen atoms in total. The number of aromatic nitrogens is 3. The van der Waals surface area contributed by atoms with E-state index < -0.39 is 11.7 Å². The topological polar surface area (TPSA) is 127 Å². The van der Waals surface area contributed by atoms with Crippen LogP contribution in [0.25, 0.3) is 11.3 Å². The lowest BCUT2D eigenvalue weighted by atomic mass is 10.1. The molecule has 1 amide bonds. The summed E-state index contributed by atoms with van der Waals surface area (Å²) in [5, 5.41) is 13.0. The van der Waals surface area contributed by atoms with Crippen LogP contribution in [0.2, 0.25) is 5.15 Å². The summed E-state index contributed by atoms with van der Waals surface area (Å²) in [5.41, 5.74) is 6.50. The third-order valence-electron chi connectivity index (χ3n) is 3.35. The van der Waals surface area contributed by atoms with E-state index in [1.54, 1.807) is 19.2 Å². The molecule has 10 heteroatoms. The number of pyridine rings is 1. The fraction of sp³-hybridized carbons (Fsp3) is 0.471. The largest absolute Gasteiger partial charge is 0.496 e. The minimum Gasteiger partial charge on any atom is -0.496 e. The van der Waals surface area contributed by atoms with Crippen LogP contribution in [-0.2, 0) is 4.74 Å². The number of carbonyl (C=O) groups is 1. The molecule has 0 radical (unpaired) electrons. The van der Waals surface area contributed by atoms with Crippen LogP contribution < -0.4 is 21.1 Å². The second kappa shape index (κ2) is 8.81. The molecular formula is C17H25ClN6O3. The van der Waals surface area contributed by atoms with E-state index in [2.05, 4.69) is 25.8 Å². The van der Waals surface area contributed by atoms with Crippen molar-refractivity contribution in [1.29, 1.82) is 0 Å². The highest BCUT2D eigenvalue weighted by atomic mass is 35.5. The van der Waals surface area contributed by atoms with Crippen molar-refractivity contribution in [3.63, 3.8) is 0 Å². The number of ether oxygens (including phenoxy) is 2. The summed E-state index contributed by atoms with van der Waals surface area (Å²) in [5.74, 6) is 1.42. The molecule has 0 fully saturated rings. The van der Waals surface area contributed by atoms with Crippen molar-refractivity contribution in [1.82, 2.24) is 20.5 Å². The summed E-state index contributed by atoms with van der Waals surface area (Å²) in [4.78, 5) is 16.0. The van der Waals surface area contributed by atoms with Crippen LogP contribution in [0.4, 0.5) is 16.4 Å². The predicted octanol–water partition coefficient (Wildman–Crippen LogP) is 3.04. The Bertz CT molecular complexity index is 787. The number of H-pyrrole nitrogens is 1. The lowest BCUT2D eigenvalue weighted by Crippen LogP contribution is -2.33. The van der Waals surface area contributed by atoms with Gasteiger partial charge in [-0.25, -0.2) is 9.78 Å². The zero-order valence-corrected chi connectivity index (χ0v) is 16.6. The van der Waals surface area contributed by atoms with Crippen molar-refractivity contribution in [3.8, 4) is 17.0 Å². The van der Waals surface area contributed by atoms with E-state index in [4.69, 9.17) is 26.8 Å². The van der Waals surface area contributed by atoms with Crippen LogP contribution in [-0.4, -0.2) is 47.1 Å². The molecule has 27 heavy (non-hydrogen) atoms. The molecule has 2 rings (SSSR count). The molecule has 0 aliphatic rings. The number of nitrogens with one attached hydrogen (secondary N) is 3. The number of alkyl carbamates (subject to hydrolysis) is 1. The third kappa shape index (κ3) is 6.21. The summed E-state index contributed by atoms with van der Waals surface area (Å²) in [6.45, 7) is 6.44. The number of nitrogens with zero attached hydrogens (tertiary/aromatic N) is 2. The molecule has 2 aromatic rings. The Morgan fingerprint density at radius 1 is 1.33 bits per heavy atom. The van der Waals surface area contributed by atoms with E-state index >= 15 is 0 Å². The van der Waals surface area contributed by atoms with E-state index in [0.29, 0.717) is 48.2 Å². The molecule has 2 aromatic heterocycles. The Balaban J connectivity index is 2.00. The third-order valence-corrected chi connectivity index (χ3v) is 3.55. The normalized spacial score (nSPS) is 11.1. The predicted molar refractivity (Wildman–Crippen MR) is 105 cm³/mol. The number of hydrogen-bond donors (Lipinski definition) is 4. The zero-order valence-electron chi connectivity index (χ0n) is 15.9. The van der Waals surface area contributed by atoms with Crippen molar-refractivity contribution in [3.05, 3.63) is 17.3 Å². The maximum absolute atomic E-state index is 11.6. The maximum Gasteiger partial charge on any atom is 0.407 e. The first-order valence-corrected chi connectivity index (χ1v) is 8.84. The lowest BCUT2D eigenvalue weighted by Gasteiger charge is -2.19. The van der Waals surface area contributed by atoms with Gasteiger partial charge < -0.3 is 25.8 Å². The van der Waals surface area contributed by atoms with Gasteiger partial charge in [0.05, 0.1) is 18.4 Å². The molecule has 148 valence electrons. The number of nitrogen functional groups attached to an aromatic ring is 1. The number of aromatic amines is 1. The number of rotatable bonds is 7. The summed E-state index contributed by atoms with van der Waals surface area (Å²) in [6.07, 6.45) is 0.207. The Hall–Kier alpha value is -2.68. The summed E-state index contributed by atoms with van der Waals surface area (Å²) in [7, 11) is 1.55. The molecule has 0 bridgehead atoms. The van der Waals surface area contributed by atoms with Crippen LogP contribution in [0.5, 0.6) is 5.75 Å². The standard InChI is InChI=1S/C17H25ClN6O3/c1-17(2,3)27-16(25)21-7-5-6-20-15-14(10-8-13(19)24-23-10)11(26-4)9-12(18)22-15/h8-9H,5-7H2,1-4H3,(H,20,22)(H,21,25)(H3,19,23,24). The van der Waals surface area contributed by atoms with Crippen molar-refractivity contribution in [2.24, 2.45) is 0 Å². The van der Waals surface area contributed by atoms with E-state index in [1.165, 1.54) is 0 Å². The summed E-state index contributed by atoms with van der Waals surface area (Å²) in [6, 6.07) is 3.30. The second-order valence-corrected chi connectivity index (χ2v) is 7.17. The average Bonchev–Trinajstić information content (AvgIpc) is 2.98. The second-order valence-electron chi connectivity index (χ2n) is 6.79. The quantitative estimate of drug-likeness (QED) is 0.418. The molecule has 0 aliphatic heterocycles. The van der Waals surface area contributed by atoms with Gasteiger partial charge in [0.1, 0.15) is 28.1 Å². The van der Waals surface area contributed by atoms with E-state index in [-0.39, 0.29) is 5.15 Å². The maximum atomic E-state index is 11.6. The highest BCUT2D eigenvalue weighted by Gasteiger charge is 2.18. The summed E-state index contributed by atoms with van der Waals surface area (Å²) >= 11 is 6.08. The van der Waals surface area contributed by atoms with Crippen molar-refractivity contribution in [2.45, 2.75) is 32.8 Å². The van der Waals surface area contributed by atoms with Crippen LogP contribution in [0.15, 0.2) is 12.1 Å². The fourth-order valence-corrected chi connectivity index (χ4v) is 2.49. The molecule has 5 N–H and O–H groups in total. The smallest absolute Gasteiger partial charge is 0.407 e. The van der Waals surface area contributed by atoms with Gasteiger partial charge >= 0.3 is 6.09 Å². The first kappa shape index (κ1) is 20.6. The summed E-state index contributed by atoms with van der Waals surface area (Å²) < 4.78 is 10.6. The SMILES string of the molecule is COc1cc(Cl)nc(NCCCNC(=O)OC(C)(C)C)c1-c1cc(N)n[nH]1.